The molecule has 0 aliphatic carbocycles. The van der Waals surface area contributed by atoms with E-state index in [0.717, 1.165) is 27.3 Å². The molecule has 0 radical (unpaired) electrons. The molecule has 0 N–H and O–H groups in total. The Morgan fingerprint density at radius 2 is 2.00 bits per heavy atom. The summed E-state index contributed by atoms with van der Waals surface area (Å²) in [6, 6.07) is 4.92. The number of aryl methyl sites for hydroxylation is 2. The number of halogens is 1. The molecule has 0 saturated carbocycles. The molecule has 0 fully saturated rings. The Balaban J connectivity index is 1.92. The van der Waals surface area contributed by atoms with Gasteiger partial charge in [-0.2, -0.15) is 0 Å². The van der Waals surface area contributed by atoms with Crippen LogP contribution in [-0.4, -0.2) is 29.9 Å². The summed E-state index contributed by atoms with van der Waals surface area (Å²) >= 11 is 1.32. The molecule has 1 aromatic carbocycles. The minimum Gasteiger partial charge on any atom is -0.496 e. The first-order valence-corrected chi connectivity index (χ1v) is 9.09. The normalized spacial score (nSPS) is 11.0. The first-order chi connectivity index (χ1) is 12.3. The molecule has 0 spiro atoms. The molecule has 3 rings (SSSR count). The number of amides is 1. The van der Waals surface area contributed by atoms with Crippen LogP contribution in [0.1, 0.15) is 32.1 Å². The van der Waals surface area contributed by atoms with Gasteiger partial charge in [0.15, 0.2) is 0 Å². The third-order valence-electron chi connectivity index (χ3n) is 4.58. The van der Waals surface area contributed by atoms with Crippen LogP contribution in [0.15, 0.2) is 24.4 Å². The molecule has 0 saturated heterocycles. The fourth-order valence-electron chi connectivity index (χ4n) is 3.16. The Bertz CT molecular complexity index is 997. The average molecular weight is 372 g/mol. The third kappa shape index (κ3) is 3.05. The molecule has 0 unspecified atom stereocenters. The first-order valence-electron chi connectivity index (χ1n) is 8.27. The van der Waals surface area contributed by atoms with Crippen molar-refractivity contribution >= 4 is 27.3 Å². The highest BCUT2D eigenvalue weighted by Crippen LogP contribution is 2.33. The van der Waals surface area contributed by atoms with Crippen LogP contribution in [0.5, 0.6) is 5.75 Å². The van der Waals surface area contributed by atoms with Gasteiger partial charge in [-0.05, 0) is 38.5 Å². The van der Waals surface area contributed by atoms with Gasteiger partial charge >= 0.3 is 0 Å². The number of pyridine rings is 1. The van der Waals surface area contributed by atoms with Crippen LogP contribution in [0.2, 0.25) is 0 Å². The lowest BCUT2D eigenvalue weighted by Gasteiger charge is -2.19. The van der Waals surface area contributed by atoms with Crippen molar-refractivity contribution in [1.82, 2.24) is 9.88 Å². The zero-order valence-electron chi connectivity index (χ0n) is 15.5. The van der Waals surface area contributed by atoms with E-state index in [4.69, 9.17) is 4.74 Å². The molecule has 0 aliphatic heterocycles. The maximum atomic E-state index is 14.1. The lowest BCUT2D eigenvalue weighted by Crippen LogP contribution is -2.27. The highest BCUT2D eigenvalue weighted by Gasteiger charge is 2.22. The number of hydrogen-bond acceptors (Lipinski definition) is 4. The lowest BCUT2D eigenvalue weighted by molar-refractivity contribution is 0.0787. The van der Waals surface area contributed by atoms with Crippen molar-refractivity contribution in [3.05, 3.63) is 57.5 Å². The minimum absolute atomic E-state index is 0.135. The number of benzene rings is 1. The summed E-state index contributed by atoms with van der Waals surface area (Å²) in [5, 5.41) is 0.528. The van der Waals surface area contributed by atoms with Gasteiger partial charge in [-0.1, -0.05) is 6.07 Å². The molecule has 2 heterocycles. The van der Waals surface area contributed by atoms with Gasteiger partial charge in [-0.25, -0.2) is 4.39 Å². The van der Waals surface area contributed by atoms with Crippen molar-refractivity contribution in [2.75, 3.05) is 14.2 Å². The Labute approximate surface area is 156 Å². The van der Waals surface area contributed by atoms with E-state index in [2.05, 4.69) is 4.98 Å². The first kappa shape index (κ1) is 18.3. The van der Waals surface area contributed by atoms with E-state index in [1.807, 2.05) is 19.9 Å². The van der Waals surface area contributed by atoms with E-state index in [-0.39, 0.29) is 11.7 Å². The van der Waals surface area contributed by atoms with Crippen LogP contribution in [0.4, 0.5) is 4.39 Å². The molecule has 6 heteroatoms. The molecule has 26 heavy (non-hydrogen) atoms. The van der Waals surface area contributed by atoms with Crippen molar-refractivity contribution in [2.45, 2.75) is 27.3 Å². The third-order valence-corrected chi connectivity index (χ3v) is 5.83. The van der Waals surface area contributed by atoms with Gasteiger partial charge in [-0.15, -0.1) is 11.3 Å². The van der Waals surface area contributed by atoms with E-state index >= 15 is 0 Å². The number of thiophene rings is 1. The number of methoxy groups -OCH3 is 1. The van der Waals surface area contributed by atoms with Crippen molar-refractivity contribution in [3.8, 4) is 5.75 Å². The topological polar surface area (TPSA) is 42.4 Å². The second-order valence-electron chi connectivity index (χ2n) is 6.38. The van der Waals surface area contributed by atoms with Gasteiger partial charge in [0, 0.05) is 34.5 Å². The standard InChI is InChI=1S/C20H21FN2O2S/c1-11-9-22-15(12(2)18(11)25-5)10-23(4)20(24)19-13(3)17-14(21)7-6-8-16(17)26-19/h6-9H,10H2,1-5H3. The molecule has 2 aromatic heterocycles. The zero-order valence-corrected chi connectivity index (χ0v) is 16.3. The van der Waals surface area contributed by atoms with Crippen LogP contribution >= 0.6 is 11.3 Å². The van der Waals surface area contributed by atoms with Gasteiger partial charge < -0.3 is 9.64 Å². The number of nitrogens with zero attached hydrogens (tertiary/aromatic N) is 2. The fraction of sp³-hybridized carbons (Fsp3) is 0.300. The van der Waals surface area contributed by atoms with Crippen molar-refractivity contribution in [1.29, 1.82) is 0 Å². The maximum absolute atomic E-state index is 14.1. The summed E-state index contributed by atoms with van der Waals surface area (Å²) in [5.74, 6) is 0.360. The Hall–Kier alpha value is -2.47. The molecular weight excluding hydrogens is 351 g/mol. The number of aromatic nitrogens is 1. The minimum atomic E-state index is -0.293. The predicted molar refractivity (Wildman–Crippen MR) is 103 cm³/mol. The molecular formula is C20H21FN2O2S. The van der Waals surface area contributed by atoms with E-state index in [1.165, 1.54) is 17.4 Å². The Kier molecular flexibility index (Phi) is 4.96. The van der Waals surface area contributed by atoms with Crippen molar-refractivity contribution < 1.29 is 13.9 Å². The highest BCUT2D eigenvalue weighted by atomic mass is 32.1. The van der Waals surface area contributed by atoms with Crippen molar-refractivity contribution in [3.63, 3.8) is 0 Å². The summed E-state index contributed by atoms with van der Waals surface area (Å²) in [6.45, 7) is 6.03. The van der Waals surface area contributed by atoms with Crippen LogP contribution in [0.3, 0.4) is 0 Å². The van der Waals surface area contributed by atoms with Crippen LogP contribution < -0.4 is 4.74 Å². The summed E-state index contributed by atoms with van der Waals surface area (Å²) in [4.78, 5) is 19.6. The maximum Gasteiger partial charge on any atom is 0.264 e. The molecule has 136 valence electrons. The van der Waals surface area contributed by atoms with E-state index in [0.29, 0.717) is 22.4 Å². The second kappa shape index (κ2) is 7.03. The van der Waals surface area contributed by atoms with Gasteiger partial charge in [0.05, 0.1) is 24.2 Å². The van der Waals surface area contributed by atoms with Crippen LogP contribution in [-0.2, 0) is 6.54 Å². The van der Waals surface area contributed by atoms with E-state index in [9.17, 15) is 9.18 Å². The van der Waals surface area contributed by atoms with Gasteiger partial charge in [0.2, 0.25) is 0 Å². The smallest absolute Gasteiger partial charge is 0.264 e. The Morgan fingerprint density at radius 3 is 2.65 bits per heavy atom. The number of ether oxygens (including phenoxy) is 1. The molecule has 1 amide bonds. The van der Waals surface area contributed by atoms with E-state index < -0.39 is 0 Å². The molecule has 3 aromatic rings. The Morgan fingerprint density at radius 1 is 1.27 bits per heavy atom. The van der Waals surface area contributed by atoms with Crippen LogP contribution in [0, 0.1) is 26.6 Å². The summed E-state index contributed by atoms with van der Waals surface area (Å²) in [5.41, 5.74) is 3.35. The van der Waals surface area contributed by atoms with Crippen LogP contribution in [0.25, 0.3) is 10.1 Å². The average Bonchev–Trinajstić information content (AvgIpc) is 2.95. The monoisotopic (exact) mass is 372 g/mol. The molecule has 0 aliphatic rings. The number of hydrogen-bond donors (Lipinski definition) is 0. The number of carbonyl (C=O) groups is 1. The second-order valence-corrected chi connectivity index (χ2v) is 7.43. The fourth-order valence-corrected chi connectivity index (χ4v) is 4.38. The van der Waals surface area contributed by atoms with Crippen molar-refractivity contribution in [2.24, 2.45) is 0 Å². The SMILES string of the molecule is COc1c(C)cnc(CN(C)C(=O)c2sc3cccc(F)c3c2C)c1C. The largest absolute Gasteiger partial charge is 0.496 e. The van der Waals surface area contributed by atoms with Gasteiger partial charge in [0.25, 0.3) is 5.91 Å². The molecule has 4 nitrogen and oxygen atoms in total. The number of carbonyl (C=O) groups excluding carboxylic acids is 1. The van der Waals surface area contributed by atoms with E-state index in [1.54, 1.807) is 38.2 Å². The lowest BCUT2D eigenvalue weighted by atomic mass is 10.1. The summed E-state index contributed by atoms with van der Waals surface area (Å²) < 4.78 is 20.3. The summed E-state index contributed by atoms with van der Waals surface area (Å²) in [6.07, 6.45) is 1.75. The van der Waals surface area contributed by atoms with Gasteiger partial charge in [-0.3, -0.25) is 9.78 Å². The molecule has 0 bridgehead atoms. The summed E-state index contributed by atoms with van der Waals surface area (Å²) in [7, 11) is 3.36. The highest BCUT2D eigenvalue weighted by molar-refractivity contribution is 7.21. The zero-order chi connectivity index (χ0) is 19.0. The molecule has 0 atom stereocenters. The number of rotatable bonds is 4. The number of fused-ring (bicyclic) bond motifs is 1. The quantitative estimate of drug-likeness (QED) is 0.670. The van der Waals surface area contributed by atoms with Gasteiger partial charge in [0.1, 0.15) is 11.6 Å². The predicted octanol–water partition coefficient (Wildman–Crippen LogP) is 4.64.